The largest absolute Gasteiger partial charge is 0.314 e. The molecular weight excluding hydrogens is 196 g/mol. The quantitative estimate of drug-likeness (QED) is 0.733. The molecule has 1 spiro atoms. The predicted molar refractivity (Wildman–Crippen MR) is 67.6 cm³/mol. The minimum atomic E-state index is 0.561. The molecule has 1 aliphatic heterocycles. The number of rotatable bonds is 1. The van der Waals surface area contributed by atoms with Crippen molar-refractivity contribution in [1.29, 1.82) is 0 Å². The van der Waals surface area contributed by atoms with Crippen LogP contribution in [0.3, 0.4) is 0 Å². The fraction of sp³-hybridized carbons (Fsp3) is 1.00. The lowest BCUT2D eigenvalue weighted by Gasteiger charge is -2.52. The zero-order valence-electron chi connectivity index (χ0n) is 10.5. The van der Waals surface area contributed by atoms with E-state index in [1.165, 1.54) is 77.4 Å². The van der Waals surface area contributed by atoms with Crippen molar-refractivity contribution in [3.63, 3.8) is 0 Å². The molecule has 0 radical (unpaired) electrons. The Bertz CT molecular complexity index is 219. The fourth-order valence-corrected chi connectivity index (χ4v) is 4.32. The molecular formula is C14H26N2. The first-order valence-corrected chi connectivity index (χ1v) is 7.38. The van der Waals surface area contributed by atoms with Crippen molar-refractivity contribution in [1.82, 2.24) is 10.2 Å². The number of piperazine rings is 1. The van der Waals surface area contributed by atoms with Crippen molar-refractivity contribution in [3.05, 3.63) is 0 Å². The molecule has 2 saturated carbocycles. The molecule has 0 aromatic carbocycles. The minimum absolute atomic E-state index is 0.561. The van der Waals surface area contributed by atoms with Gasteiger partial charge in [0.1, 0.15) is 0 Å². The summed E-state index contributed by atoms with van der Waals surface area (Å²) in [7, 11) is 0. The van der Waals surface area contributed by atoms with Gasteiger partial charge in [-0.1, -0.05) is 32.1 Å². The summed E-state index contributed by atoms with van der Waals surface area (Å²) < 4.78 is 0. The standard InChI is InChI=1S/C14H26N2/c1-4-8-14(9-5-1)12-15-10-11-16(14)13-6-2-3-7-13/h13,15H,1-12H2. The maximum Gasteiger partial charge on any atom is 0.0337 e. The molecule has 0 unspecified atom stereocenters. The van der Waals surface area contributed by atoms with E-state index < -0.39 is 0 Å². The Morgan fingerprint density at radius 2 is 1.69 bits per heavy atom. The third kappa shape index (κ3) is 1.91. The van der Waals surface area contributed by atoms with Gasteiger partial charge in [0, 0.05) is 31.2 Å². The summed E-state index contributed by atoms with van der Waals surface area (Å²) in [6.45, 7) is 3.80. The monoisotopic (exact) mass is 222 g/mol. The molecule has 2 aliphatic carbocycles. The summed E-state index contributed by atoms with van der Waals surface area (Å²) in [4.78, 5) is 2.93. The van der Waals surface area contributed by atoms with Crippen molar-refractivity contribution in [2.24, 2.45) is 0 Å². The van der Waals surface area contributed by atoms with E-state index >= 15 is 0 Å². The predicted octanol–water partition coefficient (Wildman–Crippen LogP) is 2.54. The minimum Gasteiger partial charge on any atom is -0.314 e. The molecule has 0 aromatic rings. The highest BCUT2D eigenvalue weighted by Gasteiger charge is 2.43. The normalized spacial score (nSPS) is 32.2. The first kappa shape index (κ1) is 11.0. The molecule has 3 aliphatic rings. The molecule has 0 bridgehead atoms. The summed E-state index contributed by atoms with van der Waals surface area (Å²) in [6, 6.07) is 0.931. The fourth-order valence-electron chi connectivity index (χ4n) is 4.32. The molecule has 1 N–H and O–H groups in total. The van der Waals surface area contributed by atoms with Gasteiger partial charge in [-0.05, 0) is 25.7 Å². The lowest BCUT2D eigenvalue weighted by Crippen LogP contribution is -2.64. The van der Waals surface area contributed by atoms with Crippen molar-refractivity contribution in [2.45, 2.75) is 69.4 Å². The molecule has 2 heteroatoms. The molecule has 16 heavy (non-hydrogen) atoms. The van der Waals surface area contributed by atoms with E-state index in [0.29, 0.717) is 5.54 Å². The van der Waals surface area contributed by atoms with Crippen LogP contribution in [0.4, 0.5) is 0 Å². The van der Waals surface area contributed by atoms with Gasteiger partial charge in [-0.3, -0.25) is 4.90 Å². The van der Waals surface area contributed by atoms with E-state index in [1.807, 2.05) is 0 Å². The van der Waals surface area contributed by atoms with Gasteiger partial charge >= 0.3 is 0 Å². The lowest BCUT2D eigenvalue weighted by molar-refractivity contribution is -0.00531. The first-order valence-electron chi connectivity index (χ1n) is 7.38. The van der Waals surface area contributed by atoms with Crippen LogP contribution in [0.25, 0.3) is 0 Å². The van der Waals surface area contributed by atoms with Gasteiger partial charge in [0.05, 0.1) is 0 Å². The summed E-state index contributed by atoms with van der Waals surface area (Å²) >= 11 is 0. The Balaban J connectivity index is 1.76. The van der Waals surface area contributed by atoms with Crippen LogP contribution in [0, 0.1) is 0 Å². The van der Waals surface area contributed by atoms with Gasteiger partial charge in [-0.15, -0.1) is 0 Å². The summed E-state index contributed by atoms with van der Waals surface area (Å²) in [5.41, 5.74) is 0.561. The summed E-state index contributed by atoms with van der Waals surface area (Å²) in [5, 5.41) is 3.66. The van der Waals surface area contributed by atoms with Crippen LogP contribution in [0.15, 0.2) is 0 Å². The average molecular weight is 222 g/mol. The molecule has 0 amide bonds. The first-order chi connectivity index (χ1) is 7.91. The van der Waals surface area contributed by atoms with Gasteiger partial charge in [0.15, 0.2) is 0 Å². The van der Waals surface area contributed by atoms with Crippen molar-refractivity contribution < 1.29 is 0 Å². The smallest absolute Gasteiger partial charge is 0.0337 e. The van der Waals surface area contributed by atoms with Gasteiger partial charge in [0.2, 0.25) is 0 Å². The van der Waals surface area contributed by atoms with E-state index in [9.17, 15) is 0 Å². The Morgan fingerprint density at radius 3 is 2.44 bits per heavy atom. The van der Waals surface area contributed by atoms with Crippen LogP contribution in [0.1, 0.15) is 57.8 Å². The van der Waals surface area contributed by atoms with Crippen molar-refractivity contribution in [2.75, 3.05) is 19.6 Å². The van der Waals surface area contributed by atoms with Crippen molar-refractivity contribution >= 4 is 0 Å². The number of nitrogens with one attached hydrogen (secondary N) is 1. The maximum atomic E-state index is 3.66. The molecule has 1 saturated heterocycles. The molecule has 2 nitrogen and oxygen atoms in total. The van der Waals surface area contributed by atoms with E-state index in [0.717, 1.165) is 6.04 Å². The second-order valence-electron chi connectivity index (χ2n) is 6.09. The van der Waals surface area contributed by atoms with Gasteiger partial charge in [-0.25, -0.2) is 0 Å². The molecule has 3 fully saturated rings. The Morgan fingerprint density at radius 1 is 0.938 bits per heavy atom. The Kier molecular flexibility index (Phi) is 3.21. The summed E-state index contributed by atoms with van der Waals surface area (Å²) in [6.07, 6.45) is 13.2. The third-order valence-corrected chi connectivity index (χ3v) is 5.14. The van der Waals surface area contributed by atoms with E-state index in [2.05, 4.69) is 10.2 Å². The van der Waals surface area contributed by atoms with Gasteiger partial charge in [-0.2, -0.15) is 0 Å². The van der Waals surface area contributed by atoms with Crippen LogP contribution in [-0.2, 0) is 0 Å². The number of nitrogens with zero attached hydrogens (tertiary/aromatic N) is 1. The molecule has 92 valence electrons. The van der Waals surface area contributed by atoms with Crippen LogP contribution in [-0.4, -0.2) is 36.1 Å². The van der Waals surface area contributed by atoms with Crippen LogP contribution < -0.4 is 5.32 Å². The van der Waals surface area contributed by atoms with Crippen molar-refractivity contribution in [3.8, 4) is 0 Å². The zero-order chi connectivity index (χ0) is 10.8. The zero-order valence-corrected chi connectivity index (χ0v) is 10.5. The van der Waals surface area contributed by atoms with Gasteiger partial charge < -0.3 is 5.32 Å². The molecule has 0 aromatic heterocycles. The van der Waals surface area contributed by atoms with E-state index in [4.69, 9.17) is 0 Å². The lowest BCUT2D eigenvalue weighted by atomic mass is 9.78. The SMILES string of the molecule is C1CCC2(CC1)CNCCN2C1CCCC1. The second-order valence-corrected chi connectivity index (χ2v) is 6.09. The van der Waals surface area contributed by atoms with Crippen LogP contribution >= 0.6 is 0 Å². The molecule has 1 heterocycles. The highest BCUT2D eigenvalue weighted by Crippen LogP contribution is 2.39. The third-order valence-electron chi connectivity index (χ3n) is 5.14. The Labute approximate surface area is 99.8 Å². The van der Waals surface area contributed by atoms with Crippen LogP contribution in [0.2, 0.25) is 0 Å². The highest BCUT2D eigenvalue weighted by molar-refractivity contribution is 5.01. The second kappa shape index (κ2) is 4.66. The Hall–Kier alpha value is -0.0800. The van der Waals surface area contributed by atoms with E-state index in [-0.39, 0.29) is 0 Å². The molecule has 3 rings (SSSR count). The van der Waals surface area contributed by atoms with Gasteiger partial charge in [0.25, 0.3) is 0 Å². The highest BCUT2D eigenvalue weighted by atomic mass is 15.3. The molecule has 0 atom stereocenters. The average Bonchev–Trinajstić information content (AvgIpc) is 2.84. The number of hydrogen-bond acceptors (Lipinski definition) is 2. The maximum absolute atomic E-state index is 3.66. The topological polar surface area (TPSA) is 15.3 Å². The summed E-state index contributed by atoms with van der Waals surface area (Å²) in [5.74, 6) is 0. The number of hydrogen-bond donors (Lipinski definition) is 1. The van der Waals surface area contributed by atoms with Crippen LogP contribution in [0.5, 0.6) is 0 Å². The van der Waals surface area contributed by atoms with E-state index in [1.54, 1.807) is 0 Å².